The van der Waals surface area contributed by atoms with Crippen LogP contribution in [0, 0.1) is 5.39 Å². The van der Waals surface area contributed by atoms with Gasteiger partial charge in [-0.25, -0.2) is 0 Å². The van der Waals surface area contributed by atoms with Gasteiger partial charge in [0.05, 0.1) is 0 Å². The third kappa shape index (κ3) is 1.52. The molecule has 0 heterocycles. The summed E-state index contributed by atoms with van der Waals surface area (Å²) in [6.45, 7) is 0. The first-order valence-corrected chi connectivity index (χ1v) is 2.99. The van der Waals surface area contributed by atoms with Crippen LogP contribution in [0.5, 0.6) is 0 Å². The lowest BCUT2D eigenvalue weighted by Crippen LogP contribution is -2.10. The Kier molecular flexibility index (Phi) is 1.83. The van der Waals surface area contributed by atoms with Gasteiger partial charge in [0.1, 0.15) is 0 Å². The lowest BCUT2D eigenvalue weighted by Gasteiger charge is -1.88. The Morgan fingerprint density at radius 2 is 1.91 bits per heavy atom. The minimum atomic E-state index is -0.491. The molecule has 0 bridgehead atoms. The summed E-state index contributed by atoms with van der Waals surface area (Å²) in [5.41, 5.74) is 5.77. The zero-order chi connectivity index (χ0) is 8.27. The van der Waals surface area contributed by atoms with E-state index in [9.17, 15) is 4.79 Å². The SMILES string of the molecule is N#[N+]c1ccc(C(N)=O)cc1. The fraction of sp³-hybridized carbons (Fsp3) is 0. The molecule has 1 amide bonds. The zero-order valence-electron chi connectivity index (χ0n) is 5.69. The molecule has 0 aliphatic carbocycles. The van der Waals surface area contributed by atoms with E-state index in [0.29, 0.717) is 11.3 Å². The molecule has 0 fully saturated rings. The summed E-state index contributed by atoms with van der Waals surface area (Å²) < 4.78 is 0. The molecule has 0 aliphatic rings. The van der Waals surface area contributed by atoms with E-state index in [0.717, 1.165) is 0 Å². The van der Waals surface area contributed by atoms with E-state index in [2.05, 4.69) is 4.98 Å². The third-order valence-corrected chi connectivity index (χ3v) is 1.27. The summed E-state index contributed by atoms with van der Waals surface area (Å²) in [5.74, 6) is -0.491. The first-order valence-electron chi connectivity index (χ1n) is 2.99. The van der Waals surface area contributed by atoms with Crippen LogP contribution in [0.15, 0.2) is 24.3 Å². The molecule has 2 N–H and O–H groups in total. The van der Waals surface area contributed by atoms with Crippen molar-refractivity contribution in [3.8, 4) is 0 Å². The Labute approximate surface area is 63.3 Å². The molecule has 0 unspecified atom stereocenters. The largest absolute Gasteiger partial charge is 0.385 e. The number of hydrogen-bond donors (Lipinski definition) is 1. The summed E-state index contributed by atoms with van der Waals surface area (Å²) in [6.07, 6.45) is 0. The van der Waals surface area contributed by atoms with Gasteiger partial charge in [0, 0.05) is 17.7 Å². The molecule has 1 aromatic rings. The number of primary amides is 1. The number of benzene rings is 1. The van der Waals surface area contributed by atoms with Gasteiger partial charge in [-0.3, -0.25) is 4.79 Å². The van der Waals surface area contributed by atoms with Gasteiger partial charge < -0.3 is 5.73 Å². The quantitative estimate of drug-likeness (QED) is 0.609. The van der Waals surface area contributed by atoms with Gasteiger partial charge in [-0.15, -0.1) is 0 Å². The number of carbonyl (C=O) groups is 1. The van der Waals surface area contributed by atoms with Crippen LogP contribution in [0.3, 0.4) is 0 Å². The maximum Gasteiger partial charge on any atom is 0.385 e. The van der Waals surface area contributed by atoms with Crippen molar-refractivity contribution in [3.63, 3.8) is 0 Å². The second-order valence-corrected chi connectivity index (χ2v) is 2.01. The van der Waals surface area contributed by atoms with Crippen LogP contribution in [0.25, 0.3) is 4.98 Å². The number of nitrogens with two attached hydrogens (primary N) is 1. The minimum Gasteiger partial charge on any atom is -0.366 e. The van der Waals surface area contributed by atoms with Gasteiger partial charge >= 0.3 is 5.69 Å². The molecular formula is C7H6N3O+. The van der Waals surface area contributed by atoms with E-state index in [1.54, 1.807) is 0 Å². The highest BCUT2D eigenvalue weighted by molar-refractivity contribution is 5.93. The van der Waals surface area contributed by atoms with Crippen molar-refractivity contribution in [1.29, 1.82) is 5.39 Å². The summed E-state index contributed by atoms with van der Waals surface area (Å²) in [7, 11) is 0. The second-order valence-electron chi connectivity index (χ2n) is 2.01. The van der Waals surface area contributed by atoms with E-state index in [4.69, 9.17) is 11.1 Å². The number of amides is 1. The lowest BCUT2D eigenvalue weighted by molar-refractivity contribution is 0.100. The van der Waals surface area contributed by atoms with Gasteiger partial charge in [-0.2, -0.15) is 0 Å². The molecule has 4 nitrogen and oxygen atoms in total. The molecule has 0 saturated heterocycles. The Morgan fingerprint density at radius 3 is 2.27 bits per heavy atom. The van der Waals surface area contributed by atoms with Gasteiger partial charge in [0.2, 0.25) is 11.3 Å². The predicted molar refractivity (Wildman–Crippen MR) is 39.7 cm³/mol. The van der Waals surface area contributed by atoms with Crippen LogP contribution in [-0.2, 0) is 0 Å². The average molecular weight is 148 g/mol. The maximum atomic E-state index is 10.5. The van der Waals surface area contributed by atoms with Gasteiger partial charge in [0.25, 0.3) is 0 Å². The number of hydrogen-bond acceptors (Lipinski definition) is 2. The van der Waals surface area contributed by atoms with E-state index < -0.39 is 5.91 Å². The van der Waals surface area contributed by atoms with Crippen molar-refractivity contribution >= 4 is 11.6 Å². The standard InChI is InChI=1S/C7H5N3O/c8-7(11)5-1-3-6(10-9)4-2-5/h1-4H,(H-,8,11)/p+1. The van der Waals surface area contributed by atoms with Crippen molar-refractivity contribution in [3.05, 3.63) is 34.8 Å². The molecule has 1 rings (SSSR count). The number of nitrogens with zero attached hydrogens (tertiary/aromatic N) is 2. The van der Waals surface area contributed by atoms with Crippen LogP contribution in [0.4, 0.5) is 5.69 Å². The monoisotopic (exact) mass is 148 g/mol. The van der Waals surface area contributed by atoms with E-state index >= 15 is 0 Å². The first-order chi connectivity index (χ1) is 5.24. The normalized spacial score (nSPS) is 8.64. The Balaban J connectivity index is 3.03. The van der Waals surface area contributed by atoms with Crippen LogP contribution in [0.2, 0.25) is 0 Å². The highest BCUT2D eigenvalue weighted by atomic mass is 16.1. The fourth-order valence-electron chi connectivity index (χ4n) is 0.692. The summed E-state index contributed by atoms with van der Waals surface area (Å²) in [6, 6.07) is 5.99. The third-order valence-electron chi connectivity index (χ3n) is 1.27. The molecule has 0 aliphatic heterocycles. The minimum absolute atomic E-state index is 0.398. The fourth-order valence-corrected chi connectivity index (χ4v) is 0.692. The first kappa shape index (κ1) is 7.22. The zero-order valence-corrected chi connectivity index (χ0v) is 5.69. The molecular weight excluding hydrogens is 142 g/mol. The smallest absolute Gasteiger partial charge is 0.366 e. The molecule has 0 radical (unpaired) electrons. The Hall–Kier alpha value is -1.89. The highest BCUT2D eigenvalue weighted by Crippen LogP contribution is 2.11. The molecule has 1 aromatic carbocycles. The van der Waals surface area contributed by atoms with Crippen molar-refractivity contribution in [2.24, 2.45) is 5.73 Å². The van der Waals surface area contributed by atoms with E-state index in [1.165, 1.54) is 24.3 Å². The predicted octanol–water partition coefficient (Wildman–Crippen LogP) is 1.27. The molecule has 54 valence electrons. The van der Waals surface area contributed by atoms with Crippen molar-refractivity contribution in [1.82, 2.24) is 0 Å². The second kappa shape index (κ2) is 2.80. The molecule has 0 saturated carbocycles. The number of carbonyl (C=O) groups excluding carboxylic acids is 1. The van der Waals surface area contributed by atoms with Crippen molar-refractivity contribution in [2.75, 3.05) is 0 Å². The summed E-state index contributed by atoms with van der Waals surface area (Å²) in [4.78, 5) is 13.4. The van der Waals surface area contributed by atoms with Crippen LogP contribution in [-0.4, -0.2) is 5.91 Å². The average Bonchev–Trinajstić information content (AvgIpc) is 2.05. The van der Waals surface area contributed by atoms with Crippen molar-refractivity contribution < 1.29 is 4.79 Å². The molecule has 0 aromatic heterocycles. The van der Waals surface area contributed by atoms with E-state index in [-0.39, 0.29) is 0 Å². The number of rotatable bonds is 1. The Morgan fingerprint density at radius 1 is 1.36 bits per heavy atom. The molecule has 0 spiro atoms. The Bertz CT molecular complexity index is 309. The van der Waals surface area contributed by atoms with Gasteiger partial charge in [-0.05, 0) is 12.1 Å². The molecule has 11 heavy (non-hydrogen) atoms. The van der Waals surface area contributed by atoms with Crippen molar-refractivity contribution in [2.45, 2.75) is 0 Å². The van der Waals surface area contributed by atoms with Crippen LogP contribution < -0.4 is 5.73 Å². The van der Waals surface area contributed by atoms with Crippen LogP contribution >= 0.6 is 0 Å². The maximum absolute atomic E-state index is 10.5. The summed E-state index contributed by atoms with van der Waals surface area (Å²) in [5, 5.41) is 8.28. The highest BCUT2D eigenvalue weighted by Gasteiger charge is 2.04. The molecule has 0 atom stereocenters. The topological polar surface area (TPSA) is 71.2 Å². The van der Waals surface area contributed by atoms with E-state index in [1.807, 2.05) is 0 Å². The van der Waals surface area contributed by atoms with Gasteiger partial charge in [0.15, 0.2) is 4.98 Å². The van der Waals surface area contributed by atoms with Crippen LogP contribution in [0.1, 0.15) is 10.4 Å². The lowest BCUT2D eigenvalue weighted by atomic mass is 10.2. The summed E-state index contributed by atoms with van der Waals surface area (Å²) >= 11 is 0. The number of diazo groups is 1. The van der Waals surface area contributed by atoms with Gasteiger partial charge in [-0.1, -0.05) is 0 Å². The molecule has 4 heteroatoms.